The predicted octanol–water partition coefficient (Wildman–Crippen LogP) is 2.94. The Morgan fingerprint density at radius 1 is 1.07 bits per heavy atom. The molecular weight excluding hydrogens is 404 g/mol. The highest BCUT2D eigenvalue weighted by atomic mass is 32.2. The van der Waals surface area contributed by atoms with Gasteiger partial charge in [-0.3, -0.25) is 9.10 Å². The first-order chi connectivity index (χ1) is 14.3. The Balaban J connectivity index is 1.80. The summed E-state index contributed by atoms with van der Waals surface area (Å²) in [4.78, 5) is 18.9. The molecule has 0 saturated carbocycles. The Morgan fingerprint density at radius 2 is 1.67 bits per heavy atom. The van der Waals surface area contributed by atoms with Gasteiger partial charge < -0.3 is 9.42 Å². The van der Waals surface area contributed by atoms with Crippen LogP contribution in [0.4, 0.5) is 5.69 Å². The second-order valence-corrected chi connectivity index (χ2v) is 8.75. The standard InChI is InChI=1S/C21H24N4O4S/c1-4-18(25(30(3,27)28)17-13-9-6-10-14-17)21(26)24(2)15-19-22-20(23-29-19)16-11-7-5-8-12-16/h5-14,18H,4,15H2,1-3H3. The number of aromatic nitrogens is 2. The molecule has 0 bridgehead atoms. The zero-order valence-corrected chi connectivity index (χ0v) is 17.9. The van der Waals surface area contributed by atoms with Crippen LogP contribution in [0.5, 0.6) is 0 Å². The molecule has 0 saturated heterocycles. The molecule has 0 aliphatic carbocycles. The summed E-state index contributed by atoms with van der Waals surface area (Å²) in [7, 11) is -2.09. The maximum Gasteiger partial charge on any atom is 0.246 e. The van der Waals surface area contributed by atoms with E-state index in [4.69, 9.17) is 4.52 Å². The van der Waals surface area contributed by atoms with Crippen molar-refractivity contribution < 1.29 is 17.7 Å². The molecule has 1 unspecified atom stereocenters. The lowest BCUT2D eigenvalue weighted by atomic mass is 10.1. The summed E-state index contributed by atoms with van der Waals surface area (Å²) in [5.74, 6) is 0.344. The minimum Gasteiger partial charge on any atom is -0.337 e. The molecule has 3 aromatic rings. The van der Waals surface area contributed by atoms with Crippen LogP contribution in [0.3, 0.4) is 0 Å². The highest BCUT2D eigenvalue weighted by Gasteiger charge is 2.33. The SMILES string of the molecule is CCC(C(=O)N(C)Cc1nc(-c2ccccc2)no1)N(c1ccccc1)S(C)(=O)=O. The third kappa shape index (κ3) is 4.85. The fraction of sp³-hybridized carbons (Fsp3) is 0.286. The van der Waals surface area contributed by atoms with Crippen molar-refractivity contribution in [3.05, 3.63) is 66.6 Å². The maximum atomic E-state index is 13.1. The minimum atomic E-state index is -3.68. The minimum absolute atomic E-state index is 0.0710. The molecule has 0 N–H and O–H groups in total. The van der Waals surface area contributed by atoms with E-state index in [1.807, 2.05) is 30.3 Å². The number of nitrogens with zero attached hydrogens (tertiary/aromatic N) is 4. The van der Waals surface area contributed by atoms with Crippen molar-refractivity contribution in [2.75, 3.05) is 17.6 Å². The van der Waals surface area contributed by atoms with Crippen LogP contribution in [0.25, 0.3) is 11.4 Å². The lowest BCUT2D eigenvalue weighted by molar-refractivity contribution is -0.132. The van der Waals surface area contributed by atoms with E-state index < -0.39 is 16.1 Å². The summed E-state index contributed by atoms with van der Waals surface area (Å²) in [5, 5.41) is 3.96. The van der Waals surface area contributed by atoms with E-state index in [0.717, 1.165) is 16.1 Å². The van der Waals surface area contributed by atoms with Crippen LogP contribution in [-0.2, 0) is 21.4 Å². The van der Waals surface area contributed by atoms with Gasteiger partial charge in [0, 0.05) is 12.6 Å². The average molecular weight is 429 g/mol. The first kappa shape index (κ1) is 21.5. The summed E-state index contributed by atoms with van der Waals surface area (Å²) >= 11 is 0. The van der Waals surface area contributed by atoms with Gasteiger partial charge in [0.25, 0.3) is 0 Å². The van der Waals surface area contributed by atoms with Crippen molar-refractivity contribution in [3.63, 3.8) is 0 Å². The second kappa shape index (κ2) is 9.08. The quantitative estimate of drug-likeness (QED) is 0.547. The van der Waals surface area contributed by atoms with Crippen molar-refractivity contribution in [2.45, 2.75) is 25.9 Å². The number of likely N-dealkylation sites (N-methyl/N-ethyl adjacent to an activating group) is 1. The van der Waals surface area contributed by atoms with Gasteiger partial charge in [-0.15, -0.1) is 0 Å². The third-order valence-corrected chi connectivity index (χ3v) is 5.75. The zero-order chi connectivity index (χ0) is 21.7. The molecule has 1 atom stereocenters. The number of amides is 1. The van der Waals surface area contributed by atoms with Crippen molar-refractivity contribution in [3.8, 4) is 11.4 Å². The summed E-state index contributed by atoms with van der Waals surface area (Å²) in [6.45, 7) is 1.85. The molecule has 0 aliphatic rings. The van der Waals surface area contributed by atoms with Gasteiger partial charge in [-0.1, -0.05) is 60.6 Å². The van der Waals surface area contributed by atoms with Gasteiger partial charge >= 0.3 is 0 Å². The Kier molecular flexibility index (Phi) is 6.51. The molecule has 1 amide bonds. The van der Waals surface area contributed by atoms with E-state index in [0.29, 0.717) is 17.9 Å². The molecule has 1 heterocycles. The van der Waals surface area contributed by atoms with Crippen LogP contribution in [0.15, 0.2) is 65.2 Å². The van der Waals surface area contributed by atoms with Crippen molar-refractivity contribution in [2.24, 2.45) is 0 Å². The van der Waals surface area contributed by atoms with Crippen LogP contribution in [0.1, 0.15) is 19.2 Å². The summed E-state index contributed by atoms with van der Waals surface area (Å²) in [6.07, 6.45) is 1.41. The summed E-state index contributed by atoms with van der Waals surface area (Å²) in [5.41, 5.74) is 1.25. The van der Waals surface area contributed by atoms with Gasteiger partial charge in [0.05, 0.1) is 18.5 Å². The molecule has 0 aliphatic heterocycles. The molecule has 0 radical (unpaired) electrons. The summed E-state index contributed by atoms with van der Waals surface area (Å²) in [6, 6.07) is 17.1. The Morgan fingerprint density at radius 3 is 2.23 bits per heavy atom. The Hall–Kier alpha value is -3.20. The fourth-order valence-electron chi connectivity index (χ4n) is 3.18. The first-order valence-corrected chi connectivity index (χ1v) is 11.3. The smallest absolute Gasteiger partial charge is 0.246 e. The molecular formula is C21H24N4O4S. The van der Waals surface area contributed by atoms with Crippen molar-refractivity contribution >= 4 is 21.6 Å². The van der Waals surface area contributed by atoms with E-state index in [-0.39, 0.29) is 18.3 Å². The highest BCUT2D eigenvalue weighted by Crippen LogP contribution is 2.23. The highest BCUT2D eigenvalue weighted by molar-refractivity contribution is 7.92. The number of carbonyl (C=O) groups is 1. The number of hydrogen-bond donors (Lipinski definition) is 0. The van der Waals surface area contributed by atoms with Crippen LogP contribution < -0.4 is 4.31 Å². The van der Waals surface area contributed by atoms with Gasteiger partial charge in [-0.2, -0.15) is 4.98 Å². The van der Waals surface area contributed by atoms with E-state index in [1.165, 1.54) is 4.90 Å². The summed E-state index contributed by atoms with van der Waals surface area (Å²) < 4.78 is 31.4. The Labute approximate surface area is 176 Å². The zero-order valence-electron chi connectivity index (χ0n) is 17.1. The molecule has 30 heavy (non-hydrogen) atoms. The van der Waals surface area contributed by atoms with Crippen molar-refractivity contribution in [1.29, 1.82) is 0 Å². The van der Waals surface area contributed by atoms with E-state index >= 15 is 0 Å². The largest absolute Gasteiger partial charge is 0.337 e. The topological polar surface area (TPSA) is 96.6 Å². The number of benzene rings is 2. The van der Waals surface area contributed by atoms with Gasteiger partial charge in [0.2, 0.25) is 27.6 Å². The third-order valence-electron chi connectivity index (χ3n) is 4.57. The molecule has 3 rings (SSSR count). The van der Waals surface area contributed by atoms with Crippen LogP contribution in [-0.4, -0.2) is 48.7 Å². The number of sulfonamides is 1. The van der Waals surface area contributed by atoms with Crippen molar-refractivity contribution in [1.82, 2.24) is 15.0 Å². The average Bonchev–Trinajstić information content (AvgIpc) is 3.20. The lowest BCUT2D eigenvalue weighted by Gasteiger charge is -2.32. The second-order valence-electron chi connectivity index (χ2n) is 6.89. The molecule has 9 heteroatoms. The molecule has 0 spiro atoms. The number of rotatable bonds is 8. The predicted molar refractivity (Wildman–Crippen MR) is 114 cm³/mol. The molecule has 158 valence electrons. The van der Waals surface area contributed by atoms with Crippen LogP contribution in [0.2, 0.25) is 0 Å². The molecule has 1 aromatic heterocycles. The Bertz CT molecular complexity index is 1080. The number of carbonyl (C=O) groups excluding carboxylic acids is 1. The number of hydrogen-bond acceptors (Lipinski definition) is 6. The lowest BCUT2D eigenvalue weighted by Crippen LogP contribution is -2.49. The normalized spacial score (nSPS) is 12.4. The molecule has 2 aromatic carbocycles. The first-order valence-electron chi connectivity index (χ1n) is 9.48. The maximum absolute atomic E-state index is 13.1. The monoisotopic (exact) mass is 428 g/mol. The van der Waals surface area contributed by atoms with Crippen LogP contribution in [0, 0.1) is 0 Å². The molecule has 8 nitrogen and oxygen atoms in total. The van der Waals surface area contributed by atoms with Gasteiger partial charge in [0.15, 0.2) is 0 Å². The van der Waals surface area contributed by atoms with E-state index in [2.05, 4.69) is 10.1 Å². The van der Waals surface area contributed by atoms with Gasteiger partial charge in [-0.05, 0) is 18.6 Å². The van der Waals surface area contributed by atoms with Crippen LogP contribution >= 0.6 is 0 Å². The van der Waals surface area contributed by atoms with Gasteiger partial charge in [-0.25, -0.2) is 8.42 Å². The van der Waals surface area contributed by atoms with E-state index in [9.17, 15) is 13.2 Å². The number of para-hydroxylation sites is 1. The van der Waals surface area contributed by atoms with Gasteiger partial charge in [0.1, 0.15) is 6.04 Å². The molecule has 0 fully saturated rings. The van der Waals surface area contributed by atoms with E-state index in [1.54, 1.807) is 44.3 Å². The fourth-order valence-corrected chi connectivity index (χ4v) is 4.38. The number of anilines is 1.